The molecule has 1 aromatic carbocycles. The van der Waals surface area contributed by atoms with Crippen molar-refractivity contribution in [3.05, 3.63) is 45.8 Å². The van der Waals surface area contributed by atoms with Crippen molar-refractivity contribution in [2.75, 3.05) is 0 Å². The van der Waals surface area contributed by atoms with Gasteiger partial charge in [0.05, 0.1) is 5.69 Å². The van der Waals surface area contributed by atoms with Crippen molar-refractivity contribution in [3.8, 4) is 11.3 Å². The van der Waals surface area contributed by atoms with Gasteiger partial charge in [0.25, 0.3) is 0 Å². The van der Waals surface area contributed by atoms with Crippen LogP contribution in [0, 0.1) is 20.8 Å². The van der Waals surface area contributed by atoms with E-state index < -0.39 is 0 Å². The lowest BCUT2D eigenvalue weighted by molar-refractivity contribution is 1.04. The molecule has 2 rings (SSSR count). The summed E-state index contributed by atoms with van der Waals surface area (Å²) in [5, 5.41) is 0. The predicted molar refractivity (Wildman–Crippen MR) is 80.7 cm³/mol. The topological polar surface area (TPSA) is 25.8 Å². The first-order valence-corrected chi connectivity index (χ1v) is 6.94. The smallest absolute Gasteiger partial charge is 0.125 e. The average Bonchev–Trinajstić information content (AvgIpc) is 2.38. The standard InChI is InChI=1S/C13H13BrN2.C2H6/c1-8-6-11(4-5-12(8)14)13-9(2)7-15-10(3)16-13;1-2/h4-7H,1-3H3;1-2H3. The number of aromatic nitrogens is 2. The van der Waals surface area contributed by atoms with Crippen molar-refractivity contribution < 1.29 is 0 Å². The quantitative estimate of drug-likeness (QED) is 0.752. The molecule has 0 aliphatic rings. The van der Waals surface area contributed by atoms with Crippen LogP contribution in [0.5, 0.6) is 0 Å². The molecular formula is C15H19BrN2. The molecule has 0 saturated carbocycles. The summed E-state index contributed by atoms with van der Waals surface area (Å²) in [7, 11) is 0. The van der Waals surface area contributed by atoms with E-state index in [1.54, 1.807) is 0 Å². The van der Waals surface area contributed by atoms with Gasteiger partial charge >= 0.3 is 0 Å². The number of hydrogen-bond donors (Lipinski definition) is 0. The third kappa shape index (κ3) is 3.39. The second-order valence-electron chi connectivity index (χ2n) is 3.91. The monoisotopic (exact) mass is 306 g/mol. The van der Waals surface area contributed by atoms with E-state index in [-0.39, 0.29) is 0 Å². The lowest BCUT2D eigenvalue weighted by atomic mass is 10.1. The Bertz CT molecular complexity index is 536. The molecule has 0 unspecified atom stereocenters. The Hall–Kier alpha value is -1.22. The zero-order chi connectivity index (χ0) is 13.7. The van der Waals surface area contributed by atoms with Crippen molar-refractivity contribution in [3.63, 3.8) is 0 Å². The molecule has 1 aromatic heterocycles. The van der Waals surface area contributed by atoms with Crippen LogP contribution in [0.15, 0.2) is 28.9 Å². The first-order valence-electron chi connectivity index (χ1n) is 6.14. The highest BCUT2D eigenvalue weighted by Crippen LogP contribution is 2.25. The molecule has 0 aliphatic heterocycles. The van der Waals surface area contributed by atoms with Crippen LogP contribution < -0.4 is 0 Å². The lowest BCUT2D eigenvalue weighted by Gasteiger charge is -2.07. The van der Waals surface area contributed by atoms with Crippen molar-refractivity contribution in [1.82, 2.24) is 9.97 Å². The molecule has 96 valence electrons. The fourth-order valence-electron chi connectivity index (χ4n) is 1.61. The Morgan fingerprint density at radius 2 is 1.67 bits per heavy atom. The molecule has 0 amide bonds. The SMILES string of the molecule is CC.Cc1ncc(C)c(-c2ccc(Br)c(C)c2)n1. The zero-order valence-electron chi connectivity index (χ0n) is 11.6. The fraction of sp³-hybridized carbons (Fsp3) is 0.333. The minimum absolute atomic E-state index is 0.807. The van der Waals surface area contributed by atoms with Crippen LogP contribution in [0.25, 0.3) is 11.3 Å². The molecule has 0 aliphatic carbocycles. The van der Waals surface area contributed by atoms with Gasteiger partial charge in [-0.05, 0) is 44.0 Å². The van der Waals surface area contributed by atoms with Crippen molar-refractivity contribution >= 4 is 15.9 Å². The van der Waals surface area contributed by atoms with Crippen LogP contribution in [0.3, 0.4) is 0 Å². The summed E-state index contributed by atoms with van der Waals surface area (Å²) in [6.45, 7) is 10.0. The summed E-state index contributed by atoms with van der Waals surface area (Å²) in [4.78, 5) is 8.67. The maximum atomic E-state index is 4.49. The molecule has 2 aromatic rings. The van der Waals surface area contributed by atoms with Crippen LogP contribution >= 0.6 is 15.9 Å². The van der Waals surface area contributed by atoms with E-state index >= 15 is 0 Å². The maximum absolute atomic E-state index is 4.49. The number of nitrogens with zero attached hydrogens (tertiary/aromatic N) is 2. The van der Waals surface area contributed by atoms with Gasteiger partial charge in [-0.1, -0.05) is 35.8 Å². The van der Waals surface area contributed by atoms with E-state index in [4.69, 9.17) is 0 Å². The largest absolute Gasteiger partial charge is 0.241 e. The van der Waals surface area contributed by atoms with Gasteiger partial charge in [0.1, 0.15) is 5.82 Å². The number of benzene rings is 1. The molecule has 0 N–H and O–H groups in total. The molecule has 0 bridgehead atoms. The summed E-state index contributed by atoms with van der Waals surface area (Å²) in [5.74, 6) is 0.807. The van der Waals surface area contributed by atoms with Gasteiger partial charge in [0.2, 0.25) is 0 Å². The first kappa shape index (κ1) is 14.8. The van der Waals surface area contributed by atoms with E-state index in [1.807, 2.05) is 33.9 Å². The summed E-state index contributed by atoms with van der Waals surface area (Å²) in [6.07, 6.45) is 1.87. The van der Waals surface area contributed by atoms with Gasteiger partial charge in [-0.25, -0.2) is 9.97 Å². The highest BCUT2D eigenvalue weighted by Gasteiger charge is 2.06. The third-order valence-corrected chi connectivity index (χ3v) is 3.41. The molecular weight excluding hydrogens is 288 g/mol. The minimum Gasteiger partial charge on any atom is -0.241 e. The molecule has 1 heterocycles. The van der Waals surface area contributed by atoms with E-state index in [2.05, 4.69) is 51.0 Å². The molecule has 0 saturated heterocycles. The number of hydrogen-bond acceptors (Lipinski definition) is 2. The third-order valence-electron chi connectivity index (χ3n) is 2.52. The van der Waals surface area contributed by atoms with Crippen LogP contribution in [0.4, 0.5) is 0 Å². The van der Waals surface area contributed by atoms with Crippen LogP contribution in [-0.4, -0.2) is 9.97 Å². The van der Waals surface area contributed by atoms with E-state index in [9.17, 15) is 0 Å². The second kappa shape index (κ2) is 6.64. The summed E-state index contributed by atoms with van der Waals surface area (Å²) in [5.41, 5.74) is 4.48. The molecule has 3 heteroatoms. The maximum Gasteiger partial charge on any atom is 0.125 e. The molecule has 0 fully saturated rings. The first-order chi connectivity index (χ1) is 8.58. The number of halogens is 1. The molecule has 0 spiro atoms. The average molecular weight is 307 g/mol. The van der Waals surface area contributed by atoms with Gasteiger partial charge in [0, 0.05) is 16.2 Å². The van der Waals surface area contributed by atoms with Gasteiger partial charge in [-0.2, -0.15) is 0 Å². The minimum atomic E-state index is 0.807. The van der Waals surface area contributed by atoms with Gasteiger partial charge in [0.15, 0.2) is 0 Å². The van der Waals surface area contributed by atoms with Gasteiger partial charge < -0.3 is 0 Å². The predicted octanol–water partition coefficient (Wildman–Crippen LogP) is 4.86. The van der Waals surface area contributed by atoms with Crippen LogP contribution in [0.2, 0.25) is 0 Å². The van der Waals surface area contributed by atoms with Crippen molar-refractivity contribution in [1.29, 1.82) is 0 Å². The van der Waals surface area contributed by atoms with E-state index in [0.717, 1.165) is 27.1 Å². The Balaban J connectivity index is 0.000000771. The molecule has 18 heavy (non-hydrogen) atoms. The van der Waals surface area contributed by atoms with Crippen molar-refractivity contribution in [2.45, 2.75) is 34.6 Å². The molecule has 2 nitrogen and oxygen atoms in total. The highest BCUT2D eigenvalue weighted by atomic mass is 79.9. The second-order valence-corrected chi connectivity index (χ2v) is 4.77. The fourth-order valence-corrected chi connectivity index (χ4v) is 1.86. The molecule has 0 atom stereocenters. The lowest BCUT2D eigenvalue weighted by Crippen LogP contribution is -1.94. The number of rotatable bonds is 1. The Morgan fingerprint density at radius 3 is 2.28 bits per heavy atom. The van der Waals surface area contributed by atoms with Crippen molar-refractivity contribution in [2.24, 2.45) is 0 Å². The van der Waals surface area contributed by atoms with Gasteiger partial charge in [-0.3, -0.25) is 0 Å². The normalized spacial score (nSPS) is 9.67. The Kier molecular flexibility index (Phi) is 5.48. The Morgan fingerprint density at radius 1 is 1.00 bits per heavy atom. The highest BCUT2D eigenvalue weighted by molar-refractivity contribution is 9.10. The van der Waals surface area contributed by atoms with Crippen LogP contribution in [0.1, 0.15) is 30.8 Å². The van der Waals surface area contributed by atoms with Crippen LogP contribution in [-0.2, 0) is 0 Å². The summed E-state index contributed by atoms with van der Waals surface area (Å²) < 4.78 is 1.12. The zero-order valence-corrected chi connectivity index (χ0v) is 13.2. The van der Waals surface area contributed by atoms with E-state index in [1.165, 1.54) is 5.56 Å². The number of aryl methyl sites for hydroxylation is 3. The van der Waals surface area contributed by atoms with E-state index in [0.29, 0.717) is 0 Å². The Labute approximate surface area is 118 Å². The summed E-state index contributed by atoms with van der Waals surface area (Å²) >= 11 is 3.50. The van der Waals surface area contributed by atoms with Gasteiger partial charge in [-0.15, -0.1) is 0 Å². The summed E-state index contributed by atoms with van der Waals surface area (Å²) in [6, 6.07) is 6.27. The molecule has 0 radical (unpaired) electrons.